The van der Waals surface area contributed by atoms with Crippen LogP contribution < -0.4 is 5.73 Å². The van der Waals surface area contributed by atoms with Crippen LogP contribution in [0.1, 0.15) is 30.6 Å². The van der Waals surface area contributed by atoms with Crippen LogP contribution in [0, 0.1) is 0 Å². The number of rotatable bonds is 3. The van der Waals surface area contributed by atoms with E-state index in [0.29, 0.717) is 5.57 Å². The predicted octanol–water partition coefficient (Wildman–Crippen LogP) is 1.92. The van der Waals surface area contributed by atoms with Crippen molar-refractivity contribution >= 4 is 11.9 Å². The number of primary amides is 1. The van der Waals surface area contributed by atoms with Crippen molar-refractivity contribution in [3.05, 3.63) is 41.5 Å². The lowest BCUT2D eigenvalue weighted by molar-refractivity contribution is -0.114. The lowest BCUT2D eigenvalue weighted by atomic mass is 10.2. The Morgan fingerprint density at radius 1 is 1.33 bits per heavy atom. The number of phenols is 1. The number of para-hydroxylation sites is 1. The van der Waals surface area contributed by atoms with E-state index in [1.807, 2.05) is 13.0 Å². The fourth-order valence-electron chi connectivity index (χ4n) is 1.06. The smallest absolute Gasteiger partial charge is 0.339 e. The van der Waals surface area contributed by atoms with Gasteiger partial charge in [0.2, 0.25) is 5.91 Å². The molecule has 1 aromatic carbocycles. The maximum atomic E-state index is 10.3. The van der Waals surface area contributed by atoms with E-state index in [1.54, 1.807) is 19.1 Å². The lowest BCUT2D eigenvalue weighted by Crippen LogP contribution is -2.11. The number of amides is 1. The number of allylic oxidation sites excluding steroid dienone is 1. The molecule has 0 aromatic heterocycles. The summed E-state index contributed by atoms with van der Waals surface area (Å²) in [5, 5.41) is 17.3. The number of carboxylic acid groups (broad SMARTS) is 1. The molecule has 0 radical (unpaired) electrons. The number of hydrogen-bond acceptors (Lipinski definition) is 3. The van der Waals surface area contributed by atoms with Crippen molar-refractivity contribution < 1.29 is 19.8 Å². The molecule has 0 fully saturated rings. The minimum Gasteiger partial charge on any atom is -0.507 e. The molecule has 5 heteroatoms. The van der Waals surface area contributed by atoms with Gasteiger partial charge in [0.25, 0.3) is 0 Å². The van der Waals surface area contributed by atoms with Gasteiger partial charge < -0.3 is 15.9 Å². The SMILES string of the molecule is CCC=C(C)C(N)=O.O=C(O)c1ccccc1O. The van der Waals surface area contributed by atoms with Gasteiger partial charge in [0.05, 0.1) is 0 Å². The zero-order chi connectivity index (χ0) is 14.1. The molecule has 0 spiro atoms. The first-order valence-electron chi connectivity index (χ1n) is 5.38. The molecule has 0 saturated heterocycles. The highest BCUT2D eigenvalue weighted by atomic mass is 16.4. The van der Waals surface area contributed by atoms with Crippen LogP contribution in [0.2, 0.25) is 0 Å². The Hall–Kier alpha value is -2.30. The van der Waals surface area contributed by atoms with Crippen molar-refractivity contribution in [2.75, 3.05) is 0 Å². The molecule has 0 aliphatic heterocycles. The van der Waals surface area contributed by atoms with E-state index < -0.39 is 5.97 Å². The maximum absolute atomic E-state index is 10.3. The van der Waals surface area contributed by atoms with Gasteiger partial charge in [0, 0.05) is 5.57 Å². The summed E-state index contributed by atoms with van der Waals surface area (Å²) in [7, 11) is 0. The number of carbonyl (C=O) groups is 2. The molecule has 0 aliphatic rings. The summed E-state index contributed by atoms with van der Waals surface area (Å²) in [5.41, 5.74) is 5.49. The van der Waals surface area contributed by atoms with Crippen LogP contribution in [0.4, 0.5) is 0 Å². The van der Waals surface area contributed by atoms with Gasteiger partial charge in [-0.15, -0.1) is 0 Å². The van der Waals surface area contributed by atoms with Crippen molar-refractivity contribution in [2.24, 2.45) is 5.73 Å². The van der Waals surface area contributed by atoms with E-state index in [2.05, 4.69) is 0 Å². The molecule has 1 amide bonds. The summed E-state index contributed by atoms with van der Waals surface area (Å²) in [6.45, 7) is 3.68. The highest BCUT2D eigenvalue weighted by molar-refractivity contribution is 5.91. The Bertz CT molecular complexity index is 452. The molecular weight excluding hydrogens is 234 g/mol. The van der Waals surface area contributed by atoms with Gasteiger partial charge >= 0.3 is 5.97 Å². The highest BCUT2D eigenvalue weighted by Gasteiger charge is 2.05. The van der Waals surface area contributed by atoms with E-state index in [1.165, 1.54) is 12.1 Å². The van der Waals surface area contributed by atoms with Gasteiger partial charge in [-0.1, -0.05) is 25.1 Å². The van der Waals surface area contributed by atoms with E-state index in [9.17, 15) is 9.59 Å². The molecule has 0 atom stereocenters. The Balaban J connectivity index is 0.000000331. The third-order valence-corrected chi connectivity index (χ3v) is 2.03. The third kappa shape index (κ3) is 5.69. The predicted molar refractivity (Wildman–Crippen MR) is 68.3 cm³/mol. The van der Waals surface area contributed by atoms with Gasteiger partial charge in [-0.3, -0.25) is 4.79 Å². The van der Waals surface area contributed by atoms with E-state index >= 15 is 0 Å². The molecule has 98 valence electrons. The molecule has 0 heterocycles. The first-order chi connectivity index (χ1) is 8.40. The summed E-state index contributed by atoms with van der Waals surface area (Å²) in [4.78, 5) is 20.5. The summed E-state index contributed by atoms with van der Waals surface area (Å²) >= 11 is 0. The molecule has 0 aliphatic carbocycles. The number of aromatic hydroxyl groups is 1. The summed E-state index contributed by atoms with van der Waals surface area (Å²) in [5.74, 6) is -1.64. The van der Waals surface area contributed by atoms with Crippen LogP contribution in [0.3, 0.4) is 0 Å². The van der Waals surface area contributed by atoms with E-state index in [4.69, 9.17) is 15.9 Å². The fraction of sp³-hybridized carbons (Fsp3) is 0.231. The van der Waals surface area contributed by atoms with Crippen LogP contribution in [-0.4, -0.2) is 22.1 Å². The first-order valence-corrected chi connectivity index (χ1v) is 5.38. The molecule has 1 rings (SSSR count). The second-order valence-corrected chi connectivity index (χ2v) is 3.48. The third-order valence-electron chi connectivity index (χ3n) is 2.03. The van der Waals surface area contributed by atoms with Crippen LogP contribution >= 0.6 is 0 Å². The minimum atomic E-state index is -1.11. The van der Waals surface area contributed by atoms with Crippen molar-refractivity contribution in [3.63, 3.8) is 0 Å². The Morgan fingerprint density at radius 3 is 2.17 bits per heavy atom. The average Bonchev–Trinajstić information content (AvgIpc) is 2.30. The summed E-state index contributed by atoms with van der Waals surface area (Å²) in [6, 6.07) is 5.81. The summed E-state index contributed by atoms with van der Waals surface area (Å²) < 4.78 is 0. The maximum Gasteiger partial charge on any atom is 0.339 e. The van der Waals surface area contributed by atoms with E-state index in [0.717, 1.165) is 6.42 Å². The van der Waals surface area contributed by atoms with Gasteiger partial charge in [0.15, 0.2) is 0 Å². The zero-order valence-electron chi connectivity index (χ0n) is 10.4. The minimum absolute atomic E-state index is 0.0671. The van der Waals surface area contributed by atoms with Gasteiger partial charge in [-0.25, -0.2) is 4.79 Å². The molecule has 0 bridgehead atoms. The van der Waals surface area contributed by atoms with Crippen LogP contribution in [0.15, 0.2) is 35.9 Å². The summed E-state index contributed by atoms with van der Waals surface area (Å²) in [6.07, 6.45) is 2.68. The van der Waals surface area contributed by atoms with Gasteiger partial charge in [-0.2, -0.15) is 0 Å². The number of carboxylic acids is 1. The van der Waals surface area contributed by atoms with Gasteiger partial charge in [-0.05, 0) is 25.5 Å². The van der Waals surface area contributed by atoms with Crippen LogP contribution in [0.5, 0.6) is 5.75 Å². The lowest BCUT2D eigenvalue weighted by Gasteiger charge is -1.95. The topological polar surface area (TPSA) is 101 Å². The van der Waals surface area contributed by atoms with Crippen molar-refractivity contribution in [3.8, 4) is 5.75 Å². The molecule has 1 aromatic rings. The highest BCUT2D eigenvalue weighted by Crippen LogP contribution is 2.14. The van der Waals surface area contributed by atoms with Crippen LogP contribution in [-0.2, 0) is 4.79 Å². The Morgan fingerprint density at radius 2 is 1.89 bits per heavy atom. The molecule has 18 heavy (non-hydrogen) atoms. The quantitative estimate of drug-likeness (QED) is 0.714. The molecule has 5 nitrogen and oxygen atoms in total. The van der Waals surface area contributed by atoms with Gasteiger partial charge in [0.1, 0.15) is 11.3 Å². The zero-order valence-corrected chi connectivity index (χ0v) is 10.4. The second-order valence-electron chi connectivity index (χ2n) is 3.48. The van der Waals surface area contributed by atoms with Crippen LogP contribution in [0.25, 0.3) is 0 Å². The molecule has 0 unspecified atom stereocenters. The Kier molecular flexibility index (Phi) is 6.88. The average molecular weight is 251 g/mol. The molecule has 4 N–H and O–H groups in total. The van der Waals surface area contributed by atoms with E-state index in [-0.39, 0.29) is 17.2 Å². The number of benzene rings is 1. The largest absolute Gasteiger partial charge is 0.507 e. The van der Waals surface area contributed by atoms with Crippen molar-refractivity contribution in [1.29, 1.82) is 0 Å². The molecule has 0 saturated carbocycles. The number of hydrogen-bond donors (Lipinski definition) is 3. The number of aromatic carboxylic acids is 1. The second kappa shape index (κ2) is 7.89. The fourth-order valence-corrected chi connectivity index (χ4v) is 1.06. The normalized spacial score (nSPS) is 10.2. The van der Waals surface area contributed by atoms with Crippen molar-refractivity contribution in [1.82, 2.24) is 0 Å². The standard InChI is InChI=1S/C7H6O3.C6H11NO/c8-6-4-2-1-3-5(6)7(9)10;1-3-4-5(2)6(7)8/h1-4,8H,(H,9,10);4H,3H2,1-2H3,(H2,7,8). The number of nitrogens with two attached hydrogens (primary N) is 1. The molecular formula is C13H17NO4. The number of carbonyl (C=O) groups excluding carboxylic acids is 1. The first kappa shape index (κ1) is 15.7. The van der Waals surface area contributed by atoms with Crippen molar-refractivity contribution in [2.45, 2.75) is 20.3 Å². The monoisotopic (exact) mass is 251 g/mol. The Labute approximate surface area is 106 Å².